The van der Waals surface area contributed by atoms with E-state index in [1.165, 1.54) is 6.08 Å². The highest BCUT2D eigenvalue weighted by atomic mass is 16.4. The van der Waals surface area contributed by atoms with E-state index < -0.39 is 36.8 Å². The van der Waals surface area contributed by atoms with Crippen LogP contribution in [0, 0.1) is 0 Å². The van der Waals surface area contributed by atoms with Gasteiger partial charge in [-0.2, -0.15) is 0 Å². The molecule has 1 unspecified atom stereocenters. The maximum absolute atomic E-state index is 9.87. The summed E-state index contributed by atoms with van der Waals surface area (Å²) < 4.78 is 0. The first-order valence-electron chi connectivity index (χ1n) is 7.65. The Morgan fingerprint density at radius 1 is 1.04 bits per heavy atom. The van der Waals surface area contributed by atoms with Gasteiger partial charge in [0.1, 0.15) is 30.2 Å². The predicted molar refractivity (Wildman–Crippen MR) is 86.9 cm³/mol. The quantitative estimate of drug-likeness (QED) is 0.388. The lowest BCUT2D eigenvalue weighted by atomic mass is 9.97. The van der Waals surface area contributed by atoms with Gasteiger partial charge in [-0.15, -0.1) is 0 Å². The van der Waals surface area contributed by atoms with Gasteiger partial charge in [-0.3, -0.25) is 0 Å². The summed E-state index contributed by atoms with van der Waals surface area (Å²) in [5.41, 5.74) is 1.78. The van der Waals surface area contributed by atoms with Crippen LogP contribution in [-0.4, -0.2) is 61.7 Å². The zero-order valence-electron chi connectivity index (χ0n) is 13.4. The molecule has 0 amide bonds. The van der Waals surface area contributed by atoms with Crippen molar-refractivity contribution in [3.8, 4) is 0 Å². The lowest BCUT2D eigenvalue weighted by molar-refractivity contribution is -0.112. The predicted octanol–water partition coefficient (Wildman–Crippen LogP) is 0.535. The topological polar surface area (TPSA) is 121 Å². The van der Waals surface area contributed by atoms with E-state index in [4.69, 9.17) is 5.11 Å². The molecule has 6 heteroatoms. The van der Waals surface area contributed by atoms with Crippen molar-refractivity contribution in [3.05, 3.63) is 41.2 Å². The number of aliphatic hydroxyl groups is 6. The van der Waals surface area contributed by atoms with Crippen molar-refractivity contribution >= 4 is 6.08 Å². The van der Waals surface area contributed by atoms with Crippen LogP contribution in [0.4, 0.5) is 0 Å². The molecule has 0 aliphatic heterocycles. The molecular weight excluding hydrogens is 300 g/mol. The second-order valence-electron chi connectivity index (χ2n) is 5.72. The Bertz CT molecular complexity index is 498. The zero-order valence-corrected chi connectivity index (χ0v) is 13.4. The second-order valence-corrected chi connectivity index (χ2v) is 5.72. The van der Waals surface area contributed by atoms with Gasteiger partial charge in [0.15, 0.2) is 0 Å². The molecule has 0 saturated heterocycles. The molecule has 1 rings (SSSR count). The maximum Gasteiger partial charge on any atom is 0.139 e. The van der Waals surface area contributed by atoms with Crippen molar-refractivity contribution < 1.29 is 30.6 Å². The molecule has 0 heterocycles. The van der Waals surface area contributed by atoms with E-state index in [0.717, 1.165) is 12.0 Å². The molecule has 6 N–H and O–H groups in total. The van der Waals surface area contributed by atoms with Crippen molar-refractivity contribution in [2.75, 3.05) is 6.61 Å². The van der Waals surface area contributed by atoms with Gasteiger partial charge in [-0.1, -0.05) is 38.1 Å². The molecule has 0 aliphatic rings. The summed E-state index contributed by atoms with van der Waals surface area (Å²) in [4.78, 5) is 0. The van der Waals surface area contributed by atoms with E-state index in [-0.39, 0.29) is 0 Å². The third kappa shape index (κ3) is 5.30. The van der Waals surface area contributed by atoms with Gasteiger partial charge in [-0.25, -0.2) is 0 Å². The first-order valence-corrected chi connectivity index (χ1v) is 7.65. The SMILES string of the molecule is CCC(C)c1ccc(C=C(O)[C@H](O)[C@@H](O)[C@H](O)[C@H](O)CO)cc1. The molecule has 0 bridgehead atoms. The Morgan fingerprint density at radius 2 is 1.61 bits per heavy atom. The fourth-order valence-electron chi connectivity index (χ4n) is 2.11. The molecule has 0 radical (unpaired) electrons. The number of benzene rings is 1. The van der Waals surface area contributed by atoms with Gasteiger partial charge in [0.2, 0.25) is 0 Å². The average molecular weight is 326 g/mol. The number of hydrogen-bond acceptors (Lipinski definition) is 6. The van der Waals surface area contributed by atoms with Crippen molar-refractivity contribution in [2.45, 2.75) is 50.6 Å². The molecule has 0 aromatic heterocycles. The highest BCUT2D eigenvalue weighted by Gasteiger charge is 2.32. The number of rotatable bonds is 8. The van der Waals surface area contributed by atoms with E-state index in [2.05, 4.69) is 13.8 Å². The van der Waals surface area contributed by atoms with Crippen LogP contribution < -0.4 is 0 Å². The molecule has 0 spiro atoms. The molecule has 0 fully saturated rings. The Labute approximate surface area is 136 Å². The van der Waals surface area contributed by atoms with E-state index >= 15 is 0 Å². The summed E-state index contributed by atoms with van der Waals surface area (Å²) in [6.45, 7) is 3.43. The minimum absolute atomic E-state index is 0.421. The molecule has 5 atom stereocenters. The van der Waals surface area contributed by atoms with Gasteiger partial charge in [0, 0.05) is 0 Å². The van der Waals surface area contributed by atoms with Gasteiger partial charge in [-0.05, 0) is 29.5 Å². The van der Waals surface area contributed by atoms with Gasteiger partial charge >= 0.3 is 0 Å². The Balaban J connectivity index is 2.82. The van der Waals surface area contributed by atoms with Crippen molar-refractivity contribution in [1.29, 1.82) is 0 Å². The molecule has 1 aromatic rings. The molecule has 1 aromatic carbocycles. The van der Waals surface area contributed by atoms with Crippen LogP contribution in [0.2, 0.25) is 0 Å². The largest absolute Gasteiger partial charge is 0.509 e. The third-order valence-electron chi connectivity index (χ3n) is 3.99. The Hall–Kier alpha value is -1.44. The summed E-state index contributed by atoms with van der Waals surface area (Å²) >= 11 is 0. The minimum atomic E-state index is -1.83. The fraction of sp³-hybridized carbons (Fsp3) is 0.529. The normalized spacial score (nSPS) is 19.0. The smallest absolute Gasteiger partial charge is 0.139 e. The van der Waals surface area contributed by atoms with E-state index in [1.807, 2.05) is 12.1 Å². The molecule has 130 valence electrons. The number of hydrogen-bond donors (Lipinski definition) is 6. The van der Waals surface area contributed by atoms with Crippen LogP contribution in [0.5, 0.6) is 0 Å². The zero-order chi connectivity index (χ0) is 17.6. The molecule has 0 saturated carbocycles. The van der Waals surface area contributed by atoms with Crippen LogP contribution >= 0.6 is 0 Å². The highest BCUT2D eigenvalue weighted by molar-refractivity contribution is 5.52. The average Bonchev–Trinajstić information content (AvgIpc) is 2.58. The monoisotopic (exact) mass is 326 g/mol. The van der Waals surface area contributed by atoms with E-state index in [0.29, 0.717) is 11.5 Å². The summed E-state index contributed by atoms with van der Waals surface area (Å²) in [6.07, 6.45) is -4.71. The molecule has 0 aliphatic carbocycles. The molecule has 23 heavy (non-hydrogen) atoms. The van der Waals surface area contributed by atoms with Crippen molar-refractivity contribution in [3.63, 3.8) is 0 Å². The lowest BCUT2D eigenvalue weighted by Crippen LogP contribution is -2.46. The second kappa shape index (κ2) is 9.00. The van der Waals surface area contributed by atoms with Crippen LogP contribution in [-0.2, 0) is 0 Å². The van der Waals surface area contributed by atoms with Crippen LogP contribution in [0.1, 0.15) is 37.3 Å². The molecular formula is C17H26O6. The van der Waals surface area contributed by atoms with Gasteiger partial charge in [0.25, 0.3) is 0 Å². The van der Waals surface area contributed by atoms with Gasteiger partial charge in [0.05, 0.1) is 6.61 Å². The first-order chi connectivity index (χ1) is 10.8. The van der Waals surface area contributed by atoms with E-state index in [9.17, 15) is 25.5 Å². The highest BCUT2D eigenvalue weighted by Crippen LogP contribution is 2.20. The maximum atomic E-state index is 9.87. The first kappa shape index (κ1) is 19.6. The fourth-order valence-corrected chi connectivity index (χ4v) is 2.11. The lowest BCUT2D eigenvalue weighted by Gasteiger charge is -2.25. The van der Waals surface area contributed by atoms with Crippen molar-refractivity contribution in [2.24, 2.45) is 0 Å². The van der Waals surface area contributed by atoms with Gasteiger partial charge < -0.3 is 30.6 Å². The Morgan fingerprint density at radius 3 is 2.09 bits per heavy atom. The Kier molecular flexibility index (Phi) is 7.67. The van der Waals surface area contributed by atoms with Crippen LogP contribution in [0.25, 0.3) is 6.08 Å². The summed E-state index contributed by atoms with van der Waals surface area (Å²) in [6, 6.07) is 7.38. The molecule has 6 nitrogen and oxygen atoms in total. The number of aliphatic hydroxyl groups excluding tert-OH is 6. The van der Waals surface area contributed by atoms with Crippen molar-refractivity contribution in [1.82, 2.24) is 0 Å². The van der Waals surface area contributed by atoms with Crippen LogP contribution in [0.15, 0.2) is 30.0 Å². The summed E-state index contributed by atoms with van der Waals surface area (Å²) in [7, 11) is 0. The summed E-state index contributed by atoms with van der Waals surface area (Å²) in [5, 5.41) is 56.9. The van der Waals surface area contributed by atoms with Crippen LogP contribution in [0.3, 0.4) is 0 Å². The third-order valence-corrected chi connectivity index (χ3v) is 3.99. The van der Waals surface area contributed by atoms with E-state index in [1.54, 1.807) is 12.1 Å². The minimum Gasteiger partial charge on any atom is -0.509 e. The standard InChI is InChI=1S/C17H26O6/c1-3-10(2)12-6-4-11(5-7-12)8-13(19)15(21)17(23)16(22)14(20)9-18/h4-8,10,14-23H,3,9H2,1-2H3/t10?,14-,15+,16-,17-/m1/s1. The summed E-state index contributed by atoms with van der Waals surface area (Å²) in [5.74, 6) is -0.123.